The molecule has 0 radical (unpaired) electrons. The Balaban J connectivity index is 2.11. The van der Waals surface area contributed by atoms with E-state index >= 15 is 0 Å². The maximum atomic E-state index is 12.9. The monoisotopic (exact) mass is 432 g/mol. The van der Waals surface area contributed by atoms with Crippen molar-refractivity contribution in [2.24, 2.45) is 10.2 Å². The van der Waals surface area contributed by atoms with Gasteiger partial charge in [0, 0.05) is 38.0 Å². The molecule has 13 heteroatoms. The van der Waals surface area contributed by atoms with Gasteiger partial charge in [0.1, 0.15) is 23.3 Å². The van der Waals surface area contributed by atoms with E-state index in [0.29, 0.717) is 0 Å². The summed E-state index contributed by atoms with van der Waals surface area (Å²) in [4.78, 5) is 32.1. The zero-order valence-electron chi connectivity index (χ0n) is 17.0. The SMILES string of the molecule is CC(=O)NCCn1c(O)c(C#N)c(C)c(N=Nc2c(C#N)cnn2-c2ncccn2)c1=O. The summed E-state index contributed by atoms with van der Waals surface area (Å²) < 4.78 is 2.09. The van der Waals surface area contributed by atoms with E-state index in [4.69, 9.17) is 0 Å². The van der Waals surface area contributed by atoms with Gasteiger partial charge in [0.2, 0.25) is 11.8 Å². The number of pyridine rings is 1. The van der Waals surface area contributed by atoms with Gasteiger partial charge in [-0.2, -0.15) is 20.3 Å². The van der Waals surface area contributed by atoms with Gasteiger partial charge in [0.25, 0.3) is 11.5 Å². The van der Waals surface area contributed by atoms with Crippen molar-refractivity contribution >= 4 is 17.4 Å². The molecule has 2 N–H and O–H groups in total. The molecule has 0 fully saturated rings. The van der Waals surface area contributed by atoms with E-state index in [1.165, 1.54) is 37.1 Å². The minimum atomic E-state index is -0.728. The van der Waals surface area contributed by atoms with E-state index in [1.54, 1.807) is 6.07 Å². The smallest absolute Gasteiger partial charge is 0.281 e. The zero-order valence-corrected chi connectivity index (χ0v) is 17.0. The third-order valence-electron chi connectivity index (χ3n) is 4.33. The molecular weight excluding hydrogens is 416 g/mol. The Hall–Kier alpha value is -4.91. The molecule has 3 aromatic heterocycles. The van der Waals surface area contributed by atoms with E-state index in [2.05, 4.69) is 30.6 Å². The minimum absolute atomic E-state index is 0.0196. The fraction of sp³-hybridized carbons (Fsp3) is 0.211. The summed E-state index contributed by atoms with van der Waals surface area (Å²) in [5.74, 6) is -0.741. The molecule has 0 unspecified atom stereocenters. The van der Waals surface area contributed by atoms with Crippen LogP contribution in [0.4, 0.5) is 11.5 Å². The number of nitrogens with zero attached hydrogens (tertiary/aromatic N) is 9. The molecule has 3 rings (SSSR count). The van der Waals surface area contributed by atoms with Gasteiger partial charge in [0.15, 0.2) is 11.5 Å². The van der Waals surface area contributed by atoms with Crippen molar-refractivity contribution in [2.45, 2.75) is 20.4 Å². The fourth-order valence-electron chi connectivity index (χ4n) is 2.77. The first-order valence-electron chi connectivity index (χ1n) is 9.17. The van der Waals surface area contributed by atoms with Crippen LogP contribution in [0, 0.1) is 29.6 Å². The lowest BCUT2D eigenvalue weighted by Crippen LogP contribution is -2.30. The van der Waals surface area contributed by atoms with Crippen molar-refractivity contribution in [3.63, 3.8) is 0 Å². The minimum Gasteiger partial charge on any atom is -0.493 e. The van der Waals surface area contributed by atoms with Gasteiger partial charge in [-0.1, -0.05) is 0 Å². The van der Waals surface area contributed by atoms with Crippen molar-refractivity contribution in [1.82, 2.24) is 29.6 Å². The highest BCUT2D eigenvalue weighted by molar-refractivity contribution is 5.72. The number of carbonyl (C=O) groups is 1. The number of nitriles is 2. The Morgan fingerprint density at radius 2 is 1.97 bits per heavy atom. The molecule has 3 heterocycles. The summed E-state index contributed by atoms with van der Waals surface area (Å²) >= 11 is 0. The van der Waals surface area contributed by atoms with Crippen LogP contribution in [0.15, 0.2) is 39.7 Å². The van der Waals surface area contributed by atoms with E-state index in [0.717, 1.165) is 4.57 Å². The second-order valence-corrected chi connectivity index (χ2v) is 6.38. The standard InChI is InChI=1S/C19H16N10O3/c1-11-14(9-21)17(31)28(7-6-22-12(2)30)18(32)15(11)26-27-16-13(8-20)10-25-29(16)19-23-4-3-5-24-19/h3-5,10,31H,6-7H2,1-2H3,(H,22,30). The fourth-order valence-corrected chi connectivity index (χ4v) is 2.77. The highest BCUT2D eigenvalue weighted by Gasteiger charge is 2.20. The Morgan fingerprint density at radius 3 is 2.59 bits per heavy atom. The lowest BCUT2D eigenvalue weighted by molar-refractivity contribution is -0.119. The van der Waals surface area contributed by atoms with E-state index in [1.807, 2.05) is 12.1 Å². The second-order valence-electron chi connectivity index (χ2n) is 6.38. The first-order valence-corrected chi connectivity index (χ1v) is 9.17. The van der Waals surface area contributed by atoms with Gasteiger partial charge >= 0.3 is 0 Å². The average Bonchev–Trinajstić information content (AvgIpc) is 3.19. The quantitative estimate of drug-likeness (QED) is 0.542. The highest BCUT2D eigenvalue weighted by Crippen LogP contribution is 2.28. The number of hydrogen-bond acceptors (Lipinski definition) is 10. The van der Waals surface area contributed by atoms with Crippen molar-refractivity contribution in [3.05, 3.63) is 51.7 Å². The molecule has 0 atom stereocenters. The van der Waals surface area contributed by atoms with Crippen LogP contribution < -0.4 is 10.9 Å². The van der Waals surface area contributed by atoms with Crippen molar-refractivity contribution in [2.75, 3.05) is 6.54 Å². The van der Waals surface area contributed by atoms with Crippen LogP contribution in [0.25, 0.3) is 5.95 Å². The first kappa shape index (κ1) is 21.8. The average molecular weight is 432 g/mol. The number of aromatic hydroxyl groups is 1. The molecule has 13 nitrogen and oxygen atoms in total. The predicted molar refractivity (Wildman–Crippen MR) is 109 cm³/mol. The number of amides is 1. The Morgan fingerprint density at radius 1 is 1.25 bits per heavy atom. The van der Waals surface area contributed by atoms with Crippen LogP contribution in [0.5, 0.6) is 5.88 Å². The summed E-state index contributed by atoms with van der Waals surface area (Å²) in [5.41, 5.74) is -0.942. The zero-order chi connectivity index (χ0) is 23.3. The lowest BCUT2D eigenvalue weighted by Gasteiger charge is -2.13. The molecular formula is C19H16N10O3. The first-order chi connectivity index (χ1) is 15.4. The van der Waals surface area contributed by atoms with E-state index < -0.39 is 11.4 Å². The van der Waals surface area contributed by atoms with Gasteiger partial charge in [-0.3, -0.25) is 14.2 Å². The molecule has 1 amide bonds. The van der Waals surface area contributed by atoms with Crippen molar-refractivity contribution in [1.29, 1.82) is 10.5 Å². The van der Waals surface area contributed by atoms with Crippen LogP contribution in [0.1, 0.15) is 23.6 Å². The summed E-state index contributed by atoms with van der Waals surface area (Å²) in [7, 11) is 0. The van der Waals surface area contributed by atoms with E-state index in [9.17, 15) is 25.2 Å². The van der Waals surface area contributed by atoms with Crippen LogP contribution in [0.3, 0.4) is 0 Å². The molecule has 0 saturated heterocycles. The number of nitrogens with one attached hydrogen (secondary N) is 1. The van der Waals surface area contributed by atoms with Crippen molar-refractivity contribution < 1.29 is 9.90 Å². The molecule has 3 aromatic rings. The van der Waals surface area contributed by atoms with Gasteiger partial charge in [-0.05, 0) is 13.0 Å². The lowest BCUT2D eigenvalue weighted by atomic mass is 10.1. The normalized spacial score (nSPS) is 10.6. The third kappa shape index (κ3) is 4.17. The summed E-state index contributed by atoms with van der Waals surface area (Å²) in [6.45, 7) is 2.70. The molecule has 32 heavy (non-hydrogen) atoms. The Bertz CT molecular complexity index is 1340. The number of azo groups is 1. The van der Waals surface area contributed by atoms with E-state index in [-0.39, 0.29) is 53.1 Å². The molecule has 0 bridgehead atoms. The van der Waals surface area contributed by atoms with Crippen molar-refractivity contribution in [3.8, 4) is 24.0 Å². The number of rotatable bonds is 6. The molecule has 0 aromatic carbocycles. The summed E-state index contributed by atoms with van der Waals surface area (Å²) in [6.07, 6.45) is 4.21. The maximum absolute atomic E-state index is 12.9. The van der Waals surface area contributed by atoms with Gasteiger partial charge < -0.3 is 10.4 Å². The van der Waals surface area contributed by atoms with Gasteiger partial charge in [-0.25, -0.2) is 9.97 Å². The molecule has 0 saturated carbocycles. The molecule has 160 valence electrons. The van der Waals surface area contributed by atoms with Crippen LogP contribution in [-0.4, -0.2) is 41.9 Å². The summed E-state index contributed by atoms with van der Waals surface area (Å²) in [6, 6.07) is 5.36. The summed E-state index contributed by atoms with van der Waals surface area (Å²) in [5, 5.41) is 43.7. The molecule has 0 aliphatic carbocycles. The number of aromatic nitrogens is 5. The molecule has 0 spiro atoms. The van der Waals surface area contributed by atoms with Crippen LogP contribution in [0.2, 0.25) is 0 Å². The highest BCUT2D eigenvalue weighted by atomic mass is 16.3. The Kier molecular flexibility index (Phi) is 6.31. The Labute approximate surface area is 180 Å². The molecule has 0 aliphatic heterocycles. The number of hydrogen-bond donors (Lipinski definition) is 2. The van der Waals surface area contributed by atoms with Crippen LogP contribution >= 0.6 is 0 Å². The second kappa shape index (κ2) is 9.27. The predicted octanol–water partition coefficient (Wildman–Crippen LogP) is 1.13. The largest absolute Gasteiger partial charge is 0.493 e. The third-order valence-corrected chi connectivity index (χ3v) is 4.33. The molecule has 0 aliphatic rings. The van der Waals surface area contributed by atoms with Gasteiger partial charge in [0.05, 0.1) is 6.20 Å². The van der Waals surface area contributed by atoms with Crippen LogP contribution in [-0.2, 0) is 11.3 Å². The number of carbonyl (C=O) groups excluding carboxylic acids is 1. The maximum Gasteiger partial charge on any atom is 0.281 e. The topological polar surface area (TPSA) is 187 Å². The van der Waals surface area contributed by atoms with Gasteiger partial charge in [-0.15, -0.1) is 10.2 Å².